The van der Waals surface area contributed by atoms with Crippen molar-refractivity contribution in [3.8, 4) is 5.75 Å². The summed E-state index contributed by atoms with van der Waals surface area (Å²) in [6, 6.07) is 4.60. The Labute approximate surface area is 127 Å². The summed E-state index contributed by atoms with van der Waals surface area (Å²) in [4.78, 5) is 0. The van der Waals surface area contributed by atoms with Crippen LogP contribution in [0.3, 0.4) is 0 Å². The van der Waals surface area contributed by atoms with Gasteiger partial charge in [0.1, 0.15) is 12.4 Å². The van der Waals surface area contributed by atoms with Crippen molar-refractivity contribution in [1.29, 1.82) is 0 Å². The molecule has 0 aliphatic heterocycles. The first-order valence-corrected chi connectivity index (χ1v) is 7.73. The molecule has 2 N–H and O–H groups in total. The first-order valence-electron chi connectivity index (χ1n) is 7.35. The van der Waals surface area contributed by atoms with E-state index in [9.17, 15) is 0 Å². The molecule has 4 heteroatoms. The molecule has 0 saturated carbocycles. The van der Waals surface area contributed by atoms with Crippen LogP contribution in [-0.2, 0) is 4.74 Å². The van der Waals surface area contributed by atoms with E-state index in [1.54, 1.807) is 0 Å². The maximum absolute atomic E-state index is 6.12. The summed E-state index contributed by atoms with van der Waals surface area (Å²) < 4.78 is 11.2. The highest BCUT2D eigenvalue weighted by atomic mass is 35.5. The van der Waals surface area contributed by atoms with E-state index in [-0.39, 0.29) is 0 Å². The van der Waals surface area contributed by atoms with Crippen LogP contribution in [0.4, 0.5) is 0 Å². The number of nitrogens with two attached hydrogens (primary N) is 1. The summed E-state index contributed by atoms with van der Waals surface area (Å²) in [6.45, 7) is 11.4. The van der Waals surface area contributed by atoms with Gasteiger partial charge in [-0.1, -0.05) is 18.5 Å². The Morgan fingerprint density at radius 3 is 2.40 bits per heavy atom. The first kappa shape index (κ1) is 17.3. The molecule has 0 heterocycles. The zero-order chi connectivity index (χ0) is 15.0. The number of benzene rings is 1. The van der Waals surface area contributed by atoms with Crippen LogP contribution in [0.15, 0.2) is 12.1 Å². The van der Waals surface area contributed by atoms with Crippen molar-refractivity contribution in [2.75, 3.05) is 26.4 Å². The number of hydrogen-bond donors (Lipinski definition) is 1. The Balaban J connectivity index is 2.16. The molecule has 0 spiro atoms. The third-order valence-corrected chi connectivity index (χ3v) is 3.98. The Morgan fingerprint density at radius 1 is 1.15 bits per heavy atom. The summed E-state index contributed by atoms with van der Waals surface area (Å²) in [5.74, 6) is 0.860. The van der Waals surface area contributed by atoms with Crippen LogP contribution in [0.2, 0.25) is 5.02 Å². The molecule has 0 aliphatic rings. The molecule has 0 aromatic heterocycles. The highest BCUT2D eigenvalue weighted by Crippen LogP contribution is 2.25. The zero-order valence-corrected chi connectivity index (χ0v) is 13.8. The van der Waals surface area contributed by atoms with E-state index in [0.29, 0.717) is 19.3 Å². The summed E-state index contributed by atoms with van der Waals surface area (Å²) in [7, 11) is 0. The lowest BCUT2D eigenvalue weighted by Crippen LogP contribution is -2.90. The molecular weight excluding hydrogens is 274 g/mol. The van der Waals surface area contributed by atoms with Gasteiger partial charge in [-0.2, -0.15) is 0 Å². The van der Waals surface area contributed by atoms with E-state index in [4.69, 9.17) is 21.1 Å². The molecule has 1 aromatic carbocycles. The van der Waals surface area contributed by atoms with Gasteiger partial charge in [-0.3, -0.25) is 0 Å². The van der Waals surface area contributed by atoms with E-state index >= 15 is 0 Å². The number of aryl methyl sites for hydroxylation is 2. The minimum absolute atomic E-state index is 0.573. The van der Waals surface area contributed by atoms with Crippen LogP contribution in [-0.4, -0.2) is 32.4 Å². The van der Waals surface area contributed by atoms with Crippen molar-refractivity contribution in [3.63, 3.8) is 0 Å². The predicted octanol–water partition coefficient (Wildman–Crippen LogP) is 2.71. The maximum Gasteiger partial charge on any atom is 0.120 e. The smallest absolute Gasteiger partial charge is 0.120 e. The van der Waals surface area contributed by atoms with Crippen LogP contribution < -0.4 is 10.1 Å². The molecule has 0 bridgehead atoms. The summed E-state index contributed by atoms with van der Waals surface area (Å²) in [6.07, 6.45) is 1.19. The monoisotopic (exact) mass is 300 g/mol. The molecule has 0 radical (unpaired) electrons. The predicted molar refractivity (Wildman–Crippen MR) is 83.8 cm³/mol. The third kappa shape index (κ3) is 6.12. The number of ether oxygens (including phenoxy) is 2. The van der Waals surface area contributed by atoms with E-state index in [0.717, 1.165) is 35.1 Å². The minimum Gasteiger partial charge on any atom is -0.491 e. The van der Waals surface area contributed by atoms with Crippen LogP contribution in [0.5, 0.6) is 5.75 Å². The Kier molecular flexibility index (Phi) is 7.97. The molecule has 0 aliphatic carbocycles. The van der Waals surface area contributed by atoms with Gasteiger partial charge in [0.2, 0.25) is 0 Å². The zero-order valence-electron chi connectivity index (χ0n) is 13.0. The highest BCUT2D eigenvalue weighted by Gasteiger charge is 2.04. The van der Waals surface area contributed by atoms with Gasteiger partial charge in [0.15, 0.2) is 0 Å². The molecular formula is C16H27ClNO2+. The third-order valence-electron chi connectivity index (χ3n) is 3.38. The van der Waals surface area contributed by atoms with Gasteiger partial charge < -0.3 is 14.8 Å². The van der Waals surface area contributed by atoms with E-state index in [1.165, 1.54) is 6.42 Å². The second-order valence-electron chi connectivity index (χ2n) is 5.24. The van der Waals surface area contributed by atoms with Gasteiger partial charge in [0, 0.05) is 5.02 Å². The van der Waals surface area contributed by atoms with E-state index in [2.05, 4.69) is 19.2 Å². The maximum atomic E-state index is 6.12. The molecule has 1 rings (SSSR count). The molecule has 0 amide bonds. The fourth-order valence-electron chi connectivity index (χ4n) is 1.91. The van der Waals surface area contributed by atoms with Crippen molar-refractivity contribution < 1.29 is 14.8 Å². The van der Waals surface area contributed by atoms with E-state index < -0.39 is 0 Å². The normalized spacial score (nSPS) is 12.4. The average molecular weight is 301 g/mol. The topological polar surface area (TPSA) is 35.1 Å². The molecule has 1 aromatic rings. The van der Waals surface area contributed by atoms with E-state index in [1.807, 2.05) is 26.0 Å². The Morgan fingerprint density at radius 2 is 1.80 bits per heavy atom. The Bertz CT molecular complexity index is 386. The molecule has 0 unspecified atom stereocenters. The highest BCUT2D eigenvalue weighted by molar-refractivity contribution is 6.32. The standard InChI is InChI=1S/C16H26ClNO2/c1-5-14(4)18-6-7-19-8-9-20-15-10-12(2)16(17)13(3)11-15/h10-11,14,18H,5-9H2,1-4H3/p+1/t14-/m0/s1. The number of quaternary nitrogens is 1. The second-order valence-corrected chi connectivity index (χ2v) is 5.62. The lowest BCUT2D eigenvalue weighted by molar-refractivity contribution is -0.687. The van der Waals surface area contributed by atoms with Gasteiger partial charge in [-0.05, 0) is 50.5 Å². The van der Waals surface area contributed by atoms with Crippen molar-refractivity contribution >= 4 is 11.6 Å². The molecule has 3 nitrogen and oxygen atoms in total. The SMILES string of the molecule is CC[C@H](C)[NH2+]CCOCCOc1cc(C)c(Cl)c(C)c1. The van der Waals surface area contributed by atoms with Crippen LogP contribution >= 0.6 is 11.6 Å². The largest absolute Gasteiger partial charge is 0.491 e. The molecule has 1 atom stereocenters. The lowest BCUT2D eigenvalue weighted by Gasteiger charge is -2.11. The van der Waals surface area contributed by atoms with Gasteiger partial charge in [-0.15, -0.1) is 0 Å². The fraction of sp³-hybridized carbons (Fsp3) is 0.625. The molecule has 20 heavy (non-hydrogen) atoms. The minimum atomic E-state index is 0.573. The second kappa shape index (κ2) is 9.22. The number of hydrogen-bond acceptors (Lipinski definition) is 2. The first-order chi connectivity index (χ1) is 9.54. The number of halogens is 1. The summed E-state index contributed by atoms with van der Waals surface area (Å²) >= 11 is 6.12. The number of rotatable bonds is 9. The van der Waals surface area contributed by atoms with Gasteiger partial charge in [0.25, 0.3) is 0 Å². The van der Waals surface area contributed by atoms with Crippen molar-refractivity contribution in [1.82, 2.24) is 0 Å². The molecule has 114 valence electrons. The van der Waals surface area contributed by atoms with Gasteiger partial charge in [0.05, 0.1) is 25.8 Å². The van der Waals surface area contributed by atoms with Crippen LogP contribution in [0.1, 0.15) is 31.4 Å². The quantitative estimate of drug-likeness (QED) is 0.712. The van der Waals surface area contributed by atoms with Crippen LogP contribution in [0.25, 0.3) is 0 Å². The van der Waals surface area contributed by atoms with Gasteiger partial charge in [-0.25, -0.2) is 0 Å². The fourth-order valence-corrected chi connectivity index (χ4v) is 2.02. The molecule has 0 fully saturated rings. The van der Waals surface area contributed by atoms with Gasteiger partial charge >= 0.3 is 0 Å². The average Bonchev–Trinajstić information content (AvgIpc) is 2.43. The lowest BCUT2D eigenvalue weighted by atomic mass is 10.1. The molecule has 0 saturated heterocycles. The van der Waals surface area contributed by atoms with Crippen LogP contribution in [0, 0.1) is 13.8 Å². The van der Waals surface area contributed by atoms with Crippen molar-refractivity contribution in [3.05, 3.63) is 28.3 Å². The van der Waals surface area contributed by atoms with Crippen molar-refractivity contribution in [2.24, 2.45) is 0 Å². The summed E-state index contributed by atoms with van der Waals surface area (Å²) in [5.41, 5.74) is 2.09. The summed E-state index contributed by atoms with van der Waals surface area (Å²) in [5, 5.41) is 3.13. The Hall–Kier alpha value is -0.770. The van der Waals surface area contributed by atoms with Crippen molar-refractivity contribution in [2.45, 2.75) is 40.2 Å².